The van der Waals surface area contributed by atoms with E-state index in [2.05, 4.69) is 5.32 Å². The zero-order valence-corrected chi connectivity index (χ0v) is 11.1. The van der Waals surface area contributed by atoms with Gasteiger partial charge in [0.15, 0.2) is 0 Å². The standard InChI is InChI=1S/C13H14N2O3S/c16-9-3-4-15(6-9)13(18)8-1-2-11-10(5-8)14-12(17)7-19-11/h1-2,5,9,16H,3-4,6-7H2,(H,14,17)/t9-/m1/s1. The van der Waals surface area contributed by atoms with Crippen molar-refractivity contribution in [2.24, 2.45) is 0 Å². The molecule has 6 heteroatoms. The first-order valence-electron chi connectivity index (χ1n) is 6.17. The molecule has 0 unspecified atom stereocenters. The fraction of sp³-hybridized carbons (Fsp3) is 0.385. The van der Waals surface area contributed by atoms with E-state index in [4.69, 9.17) is 0 Å². The zero-order chi connectivity index (χ0) is 13.4. The third-order valence-electron chi connectivity index (χ3n) is 3.31. The van der Waals surface area contributed by atoms with Crippen molar-refractivity contribution in [1.29, 1.82) is 0 Å². The first-order valence-corrected chi connectivity index (χ1v) is 7.16. The van der Waals surface area contributed by atoms with Gasteiger partial charge in [0, 0.05) is 23.5 Å². The summed E-state index contributed by atoms with van der Waals surface area (Å²) in [6, 6.07) is 5.35. The second-order valence-corrected chi connectivity index (χ2v) is 5.76. The second-order valence-electron chi connectivity index (χ2n) is 4.74. The lowest BCUT2D eigenvalue weighted by Gasteiger charge is -2.19. The maximum Gasteiger partial charge on any atom is 0.254 e. The van der Waals surface area contributed by atoms with Crippen LogP contribution < -0.4 is 5.32 Å². The zero-order valence-electron chi connectivity index (χ0n) is 10.3. The number of thioether (sulfide) groups is 1. The molecule has 100 valence electrons. The van der Waals surface area contributed by atoms with Gasteiger partial charge in [0.2, 0.25) is 5.91 Å². The summed E-state index contributed by atoms with van der Waals surface area (Å²) >= 11 is 1.47. The van der Waals surface area contributed by atoms with Gasteiger partial charge in [-0.15, -0.1) is 11.8 Å². The Hall–Kier alpha value is -1.53. The number of rotatable bonds is 1. The van der Waals surface area contributed by atoms with Crippen molar-refractivity contribution in [3.05, 3.63) is 23.8 Å². The quantitative estimate of drug-likeness (QED) is 0.802. The van der Waals surface area contributed by atoms with E-state index in [0.29, 0.717) is 36.5 Å². The van der Waals surface area contributed by atoms with Crippen molar-refractivity contribution in [1.82, 2.24) is 4.90 Å². The number of β-amino-alcohol motifs (C(OH)–C–C–N with tert-alkyl or cyclic N) is 1. The molecule has 5 nitrogen and oxygen atoms in total. The normalized spacial score (nSPS) is 22.1. The van der Waals surface area contributed by atoms with E-state index in [1.807, 2.05) is 6.07 Å². The third-order valence-corrected chi connectivity index (χ3v) is 4.38. The molecule has 2 N–H and O–H groups in total. The second kappa shape index (κ2) is 4.86. The molecule has 19 heavy (non-hydrogen) atoms. The van der Waals surface area contributed by atoms with Crippen LogP contribution in [0.3, 0.4) is 0 Å². The number of carbonyl (C=O) groups excluding carboxylic acids is 2. The summed E-state index contributed by atoms with van der Waals surface area (Å²) in [5.41, 5.74) is 1.25. The van der Waals surface area contributed by atoms with Crippen LogP contribution in [0.25, 0.3) is 0 Å². The lowest BCUT2D eigenvalue weighted by atomic mass is 10.1. The van der Waals surface area contributed by atoms with Crippen LogP contribution in [0.15, 0.2) is 23.1 Å². The fourth-order valence-corrected chi connectivity index (χ4v) is 3.11. The minimum Gasteiger partial charge on any atom is -0.391 e. The van der Waals surface area contributed by atoms with Crippen LogP contribution in [-0.4, -0.2) is 46.8 Å². The highest BCUT2D eigenvalue weighted by molar-refractivity contribution is 8.00. The molecule has 1 fully saturated rings. The Bertz CT molecular complexity index is 547. The fourth-order valence-electron chi connectivity index (χ4n) is 2.33. The number of hydrogen-bond donors (Lipinski definition) is 2. The monoisotopic (exact) mass is 278 g/mol. The van der Waals surface area contributed by atoms with E-state index in [1.165, 1.54) is 11.8 Å². The number of hydrogen-bond acceptors (Lipinski definition) is 4. The number of fused-ring (bicyclic) bond motifs is 1. The maximum atomic E-state index is 12.3. The van der Waals surface area contributed by atoms with Crippen molar-refractivity contribution in [2.45, 2.75) is 17.4 Å². The summed E-state index contributed by atoms with van der Waals surface area (Å²) in [5.74, 6) is 0.279. The number of carbonyl (C=O) groups is 2. The average Bonchev–Trinajstić information content (AvgIpc) is 2.83. The van der Waals surface area contributed by atoms with Crippen LogP contribution in [0, 0.1) is 0 Å². The topological polar surface area (TPSA) is 69.6 Å². The van der Waals surface area contributed by atoms with Gasteiger partial charge in [0.25, 0.3) is 5.91 Å². The molecule has 1 aromatic rings. The molecule has 1 atom stereocenters. The Morgan fingerprint density at radius 1 is 1.47 bits per heavy atom. The van der Waals surface area contributed by atoms with Gasteiger partial charge in [0.1, 0.15) is 0 Å². The molecular weight excluding hydrogens is 264 g/mol. The Morgan fingerprint density at radius 2 is 2.32 bits per heavy atom. The van der Waals surface area contributed by atoms with Crippen LogP contribution in [0.4, 0.5) is 5.69 Å². The highest BCUT2D eigenvalue weighted by atomic mass is 32.2. The number of likely N-dealkylation sites (tertiary alicyclic amines) is 1. The maximum absolute atomic E-state index is 12.3. The van der Waals surface area contributed by atoms with Gasteiger partial charge in [0.05, 0.1) is 17.5 Å². The molecule has 2 heterocycles. The average molecular weight is 278 g/mol. The minimum atomic E-state index is -0.420. The predicted molar refractivity (Wildman–Crippen MR) is 72.3 cm³/mol. The first-order chi connectivity index (χ1) is 9.13. The van der Waals surface area contributed by atoms with Crippen LogP contribution in [0.5, 0.6) is 0 Å². The van der Waals surface area contributed by atoms with Crippen molar-refractivity contribution >= 4 is 29.3 Å². The molecule has 0 aliphatic carbocycles. The SMILES string of the molecule is O=C1CSc2ccc(C(=O)N3CC[C@@H](O)C3)cc2N1. The Balaban J connectivity index is 1.83. The molecule has 0 radical (unpaired) electrons. The molecule has 3 rings (SSSR count). The van der Waals surface area contributed by atoms with Crippen molar-refractivity contribution in [3.63, 3.8) is 0 Å². The van der Waals surface area contributed by atoms with E-state index in [9.17, 15) is 14.7 Å². The lowest BCUT2D eigenvalue weighted by Crippen LogP contribution is -2.29. The smallest absolute Gasteiger partial charge is 0.254 e. The molecule has 1 aromatic carbocycles. The van der Waals surface area contributed by atoms with Gasteiger partial charge < -0.3 is 15.3 Å². The Labute approximate surface area is 115 Å². The first kappa shape index (κ1) is 12.5. The van der Waals surface area contributed by atoms with Crippen LogP contribution in [0.2, 0.25) is 0 Å². The lowest BCUT2D eigenvalue weighted by molar-refractivity contribution is -0.113. The van der Waals surface area contributed by atoms with Gasteiger partial charge in [-0.05, 0) is 24.6 Å². The number of amides is 2. The number of benzene rings is 1. The number of anilines is 1. The van der Waals surface area contributed by atoms with E-state index < -0.39 is 6.10 Å². The van der Waals surface area contributed by atoms with Gasteiger partial charge in [-0.2, -0.15) is 0 Å². The van der Waals surface area contributed by atoms with E-state index in [-0.39, 0.29) is 11.8 Å². The molecule has 0 saturated carbocycles. The molecule has 0 spiro atoms. The largest absolute Gasteiger partial charge is 0.391 e. The van der Waals surface area contributed by atoms with Crippen molar-refractivity contribution < 1.29 is 14.7 Å². The molecule has 0 bridgehead atoms. The number of aliphatic hydroxyl groups is 1. The number of aliphatic hydroxyl groups excluding tert-OH is 1. The molecule has 1 saturated heterocycles. The highest BCUT2D eigenvalue weighted by Crippen LogP contribution is 2.32. The summed E-state index contributed by atoms with van der Waals surface area (Å²) in [6.45, 7) is 0.967. The van der Waals surface area contributed by atoms with Crippen molar-refractivity contribution in [2.75, 3.05) is 24.2 Å². The van der Waals surface area contributed by atoms with E-state index in [0.717, 1.165) is 4.90 Å². The van der Waals surface area contributed by atoms with Crippen LogP contribution in [-0.2, 0) is 4.79 Å². The van der Waals surface area contributed by atoms with Gasteiger partial charge in [-0.1, -0.05) is 0 Å². The van der Waals surface area contributed by atoms with Gasteiger partial charge in [-0.3, -0.25) is 9.59 Å². The molecule has 2 aliphatic heterocycles. The van der Waals surface area contributed by atoms with Crippen LogP contribution >= 0.6 is 11.8 Å². The summed E-state index contributed by atoms with van der Waals surface area (Å²) in [4.78, 5) is 26.2. The van der Waals surface area contributed by atoms with Gasteiger partial charge in [-0.25, -0.2) is 0 Å². The van der Waals surface area contributed by atoms with Crippen molar-refractivity contribution in [3.8, 4) is 0 Å². The number of nitrogens with one attached hydrogen (secondary N) is 1. The summed E-state index contributed by atoms with van der Waals surface area (Å²) in [5, 5.41) is 12.2. The van der Waals surface area contributed by atoms with E-state index >= 15 is 0 Å². The Kier molecular flexibility index (Phi) is 3.20. The minimum absolute atomic E-state index is 0.0429. The summed E-state index contributed by atoms with van der Waals surface area (Å²) in [7, 11) is 0. The predicted octanol–water partition coefficient (Wildman–Crippen LogP) is 0.938. The Morgan fingerprint density at radius 3 is 3.05 bits per heavy atom. The third kappa shape index (κ3) is 2.46. The van der Waals surface area contributed by atoms with Crippen LogP contribution in [0.1, 0.15) is 16.8 Å². The highest BCUT2D eigenvalue weighted by Gasteiger charge is 2.26. The molecule has 2 aliphatic rings. The molecule has 0 aromatic heterocycles. The van der Waals surface area contributed by atoms with E-state index in [1.54, 1.807) is 17.0 Å². The summed E-state index contributed by atoms with van der Waals surface area (Å²) in [6.07, 6.45) is 0.209. The summed E-state index contributed by atoms with van der Waals surface area (Å²) < 4.78 is 0. The molecule has 2 amide bonds. The number of nitrogens with zero attached hydrogens (tertiary/aromatic N) is 1. The van der Waals surface area contributed by atoms with Gasteiger partial charge >= 0.3 is 0 Å². The molecular formula is C13H14N2O3S.